The van der Waals surface area contributed by atoms with Crippen molar-refractivity contribution >= 4 is 28.1 Å². The van der Waals surface area contributed by atoms with Crippen molar-refractivity contribution < 1.29 is 5.11 Å². The Hall–Kier alpha value is -0.320. The van der Waals surface area contributed by atoms with Crippen LogP contribution in [0.15, 0.2) is 0 Å². The Labute approximate surface area is 99.7 Å². The zero-order valence-electron chi connectivity index (χ0n) is 9.16. The Balaban J connectivity index is 2.53. The number of aromatic nitrogens is 1. The topological polar surface area (TPSA) is 36.4 Å². The molecule has 1 aromatic rings. The van der Waals surface area contributed by atoms with E-state index in [1.165, 1.54) is 30.6 Å². The fraction of sp³-hybridized carbons (Fsp3) is 0.700. The lowest BCUT2D eigenvalue weighted by molar-refractivity contribution is 0.285. The quantitative estimate of drug-likeness (QED) is 0.787. The van der Waals surface area contributed by atoms with Gasteiger partial charge in [-0.1, -0.05) is 42.7 Å². The third kappa shape index (κ3) is 3.63. The van der Waals surface area contributed by atoms with Crippen molar-refractivity contribution in [3.8, 4) is 0 Å². The SMILES string of the molecule is CCCCCN(C)c1nc(Cl)c(CO)s1. The van der Waals surface area contributed by atoms with Gasteiger partial charge in [0.2, 0.25) is 0 Å². The van der Waals surface area contributed by atoms with Gasteiger partial charge >= 0.3 is 0 Å². The van der Waals surface area contributed by atoms with E-state index in [1.54, 1.807) is 0 Å². The molecule has 0 radical (unpaired) electrons. The van der Waals surface area contributed by atoms with E-state index in [0.29, 0.717) is 5.15 Å². The van der Waals surface area contributed by atoms with Crippen LogP contribution in [0.5, 0.6) is 0 Å². The van der Waals surface area contributed by atoms with Gasteiger partial charge in [0.25, 0.3) is 0 Å². The molecule has 1 rings (SSSR count). The summed E-state index contributed by atoms with van der Waals surface area (Å²) in [5.74, 6) is 0. The monoisotopic (exact) mass is 248 g/mol. The van der Waals surface area contributed by atoms with Crippen LogP contribution < -0.4 is 4.90 Å². The number of hydrogen-bond donors (Lipinski definition) is 1. The molecule has 0 saturated carbocycles. The van der Waals surface area contributed by atoms with Crippen molar-refractivity contribution in [2.24, 2.45) is 0 Å². The average molecular weight is 249 g/mol. The van der Waals surface area contributed by atoms with E-state index in [4.69, 9.17) is 16.7 Å². The van der Waals surface area contributed by atoms with Gasteiger partial charge in [0, 0.05) is 13.6 Å². The molecule has 0 bridgehead atoms. The van der Waals surface area contributed by atoms with Crippen LogP contribution in [-0.4, -0.2) is 23.7 Å². The van der Waals surface area contributed by atoms with Crippen LogP contribution in [0.2, 0.25) is 5.15 Å². The second kappa shape index (κ2) is 6.30. The van der Waals surface area contributed by atoms with Crippen molar-refractivity contribution in [3.05, 3.63) is 10.0 Å². The van der Waals surface area contributed by atoms with Crippen LogP contribution in [-0.2, 0) is 6.61 Å². The van der Waals surface area contributed by atoms with Crippen molar-refractivity contribution in [2.45, 2.75) is 32.8 Å². The first-order valence-corrected chi connectivity index (χ1v) is 6.35. The number of halogens is 1. The Kier molecular flexibility index (Phi) is 5.36. The third-order valence-corrected chi connectivity index (χ3v) is 3.78. The average Bonchev–Trinajstić information content (AvgIpc) is 2.60. The van der Waals surface area contributed by atoms with Gasteiger partial charge in [-0.05, 0) is 6.42 Å². The summed E-state index contributed by atoms with van der Waals surface area (Å²) >= 11 is 7.32. The molecular weight excluding hydrogens is 232 g/mol. The van der Waals surface area contributed by atoms with E-state index in [1.807, 2.05) is 7.05 Å². The summed E-state index contributed by atoms with van der Waals surface area (Å²) in [7, 11) is 2.01. The van der Waals surface area contributed by atoms with Gasteiger partial charge in [-0.3, -0.25) is 0 Å². The van der Waals surface area contributed by atoms with Crippen LogP contribution >= 0.6 is 22.9 Å². The minimum atomic E-state index is -0.0285. The molecule has 0 fully saturated rings. The highest BCUT2D eigenvalue weighted by molar-refractivity contribution is 7.16. The van der Waals surface area contributed by atoms with Gasteiger partial charge in [-0.2, -0.15) is 0 Å². The maximum Gasteiger partial charge on any atom is 0.186 e. The van der Waals surface area contributed by atoms with E-state index in [0.717, 1.165) is 16.6 Å². The Morgan fingerprint density at radius 3 is 2.73 bits per heavy atom. The molecule has 1 aromatic heterocycles. The van der Waals surface area contributed by atoms with Crippen LogP contribution in [0.1, 0.15) is 31.1 Å². The van der Waals surface area contributed by atoms with Crippen LogP contribution in [0.3, 0.4) is 0 Å². The molecule has 0 unspecified atom stereocenters. The molecule has 1 heterocycles. The number of unbranched alkanes of at least 4 members (excludes halogenated alkanes) is 2. The highest BCUT2D eigenvalue weighted by Crippen LogP contribution is 2.28. The van der Waals surface area contributed by atoms with Crippen LogP contribution in [0.25, 0.3) is 0 Å². The maximum atomic E-state index is 9.00. The van der Waals surface area contributed by atoms with Gasteiger partial charge in [0.05, 0.1) is 11.5 Å². The Bertz CT molecular complexity index is 304. The smallest absolute Gasteiger partial charge is 0.186 e. The predicted molar refractivity (Wildman–Crippen MR) is 65.8 cm³/mol. The normalized spacial score (nSPS) is 10.7. The number of rotatable bonds is 6. The molecule has 86 valence electrons. The van der Waals surface area contributed by atoms with Gasteiger partial charge in [-0.15, -0.1) is 0 Å². The highest BCUT2D eigenvalue weighted by Gasteiger charge is 2.11. The second-order valence-electron chi connectivity index (χ2n) is 3.50. The summed E-state index contributed by atoms with van der Waals surface area (Å²) in [6, 6.07) is 0. The van der Waals surface area contributed by atoms with Crippen molar-refractivity contribution in [1.82, 2.24) is 4.98 Å². The number of thiazole rings is 1. The molecule has 0 aliphatic carbocycles. The van der Waals surface area contributed by atoms with Crippen molar-refractivity contribution in [2.75, 3.05) is 18.5 Å². The fourth-order valence-corrected chi connectivity index (χ4v) is 2.38. The van der Waals surface area contributed by atoms with E-state index >= 15 is 0 Å². The fourth-order valence-electron chi connectivity index (χ4n) is 1.28. The lowest BCUT2D eigenvalue weighted by atomic mass is 10.2. The first-order chi connectivity index (χ1) is 7.19. The first kappa shape index (κ1) is 12.7. The summed E-state index contributed by atoms with van der Waals surface area (Å²) in [6.07, 6.45) is 3.61. The van der Waals surface area contributed by atoms with Gasteiger partial charge in [-0.25, -0.2) is 4.98 Å². The van der Waals surface area contributed by atoms with E-state index in [9.17, 15) is 0 Å². The molecule has 0 aliphatic rings. The molecule has 1 N–H and O–H groups in total. The van der Waals surface area contributed by atoms with Crippen LogP contribution in [0.4, 0.5) is 5.13 Å². The number of aliphatic hydroxyl groups is 1. The number of aliphatic hydroxyl groups excluding tert-OH is 1. The molecule has 0 aromatic carbocycles. The van der Waals surface area contributed by atoms with Crippen LogP contribution in [0, 0.1) is 0 Å². The zero-order chi connectivity index (χ0) is 11.3. The summed E-state index contributed by atoms with van der Waals surface area (Å²) < 4.78 is 0. The standard InChI is InChI=1S/C10H17ClN2OS/c1-3-4-5-6-13(2)10-12-9(11)8(7-14)15-10/h14H,3-7H2,1-2H3. The number of nitrogens with zero attached hydrogens (tertiary/aromatic N) is 2. The Morgan fingerprint density at radius 2 is 2.20 bits per heavy atom. The zero-order valence-corrected chi connectivity index (χ0v) is 10.7. The lowest BCUT2D eigenvalue weighted by Gasteiger charge is -2.14. The molecule has 0 aliphatic heterocycles. The second-order valence-corrected chi connectivity index (χ2v) is 4.92. The first-order valence-electron chi connectivity index (χ1n) is 5.16. The van der Waals surface area contributed by atoms with Gasteiger partial charge < -0.3 is 10.0 Å². The largest absolute Gasteiger partial charge is 0.391 e. The van der Waals surface area contributed by atoms with Gasteiger partial charge in [0.15, 0.2) is 5.13 Å². The molecule has 0 saturated heterocycles. The molecule has 5 heteroatoms. The highest BCUT2D eigenvalue weighted by atomic mass is 35.5. The summed E-state index contributed by atoms with van der Waals surface area (Å²) in [5, 5.41) is 10.3. The summed E-state index contributed by atoms with van der Waals surface area (Å²) in [4.78, 5) is 7.04. The lowest BCUT2D eigenvalue weighted by Crippen LogP contribution is -2.17. The Morgan fingerprint density at radius 1 is 1.47 bits per heavy atom. The van der Waals surface area contributed by atoms with E-state index in [-0.39, 0.29) is 6.61 Å². The summed E-state index contributed by atoms with van der Waals surface area (Å²) in [5.41, 5.74) is 0. The van der Waals surface area contributed by atoms with E-state index in [2.05, 4.69) is 16.8 Å². The predicted octanol–water partition coefficient (Wildman–Crippen LogP) is 2.92. The summed E-state index contributed by atoms with van der Waals surface area (Å²) in [6.45, 7) is 3.14. The molecule has 3 nitrogen and oxygen atoms in total. The number of anilines is 1. The minimum Gasteiger partial charge on any atom is -0.391 e. The maximum absolute atomic E-state index is 9.00. The molecule has 0 atom stereocenters. The minimum absolute atomic E-state index is 0.0285. The third-order valence-electron chi connectivity index (χ3n) is 2.21. The van der Waals surface area contributed by atoms with Crippen molar-refractivity contribution in [3.63, 3.8) is 0 Å². The molecular formula is C10H17ClN2OS. The molecule has 15 heavy (non-hydrogen) atoms. The van der Waals surface area contributed by atoms with Crippen molar-refractivity contribution in [1.29, 1.82) is 0 Å². The van der Waals surface area contributed by atoms with Gasteiger partial charge in [0.1, 0.15) is 5.15 Å². The number of hydrogen-bond acceptors (Lipinski definition) is 4. The molecule has 0 amide bonds. The molecule has 0 spiro atoms. The van der Waals surface area contributed by atoms with E-state index < -0.39 is 0 Å².